The van der Waals surface area contributed by atoms with E-state index in [2.05, 4.69) is 23.1 Å². The SMILES string of the molecule is C#CCOc1ccc(S(=O)(=O)CC(C#CCOc2ccc(S(C)(=O)=O)cc2NC)CC)cc1N. The Morgan fingerprint density at radius 1 is 1.03 bits per heavy atom. The van der Waals surface area contributed by atoms with Crippen molar-refractivity contribution in [1.29, 1.82) is 0 Å². The summed E-state index contributed by atoms with van der Waals surface area (Å²) in [6, 6.07) is 8.74. The third kappa shape index (κ3) is 7.34. The molecule has 182 valence electrons. The van der Waals surface area contributed by atoms with E-state index in [0.717, 1.165) is 6.26 Å². The number of benzene rings is 2. The zero-order chi connectivity index (χ0) is 25.4. The lowest BCUT2D eigenvalue weighted by molar-refractivity contribution is 0.371. The molecule has 2 aromatic carbocycles. The van der Waals surface area contributed by atoms with E-state index in [0.29, 0.717) is 23.6 Å². The van der Waals surface area contributed by atoms with Crippen LogP contribution in [0.2, 0.25) is 0 Å². The van der Waals surface area contributed by atoms with Gasteiger partial charge in [-0.05, 0) is 42.8 Å². The summed E-state index contributed by atoms with van der Waals surface area (Å²) < 4.78 is 60.0. The first-order valence-corrected chi connectivity index (χ1v) is 13.9. The van der Waals surface area contributed by atoms with Gasteiger partial charge in [-0.2, -0.15) is 0 Å². The lowest BCUT2D eigenvalue weighted by atomic mass is 10.1. The highest BCUT2D eigenvalue weighted by Gasteiger charge is 2.20. The van der Waals surface area contributed by atoms with Crippen LogP contribution in [0.5, 0.6) is 11.5 Å². The minimum absolute atomic E-state index is 0.0115. The van der Waals surface area contributed by atoms with Crippen LogP contribution in [0.1, 0.15) is 13.3 Å². The number of nitrogen functional groups attached to an aromatic ring is 1. The Kier molecular flexibility index (Phi) is 9.25. The molecule has 1 unspecified atom stereocenters. The summed E-state index contributed by atoms with van der Waals surface area (Å²) in [7, 11) is -5.33. The van der Waals surface area contributed by atoms with Crippen molar-refractivity contribution in [2.45, 2.75) is 23.1 Å². The average molecular weight is 505 g/mol. The lowest BCUT2D eigenvalue weighted by Gasteiger charge is -2.12. The number of ether oxygens (including phenoxy) is 2. The van der Waals surface area contributed by atoms with Crippen LogP contribution in [0, 0.1) is 30.1 Å². The zero-order valence-electron chi connectivity index (χ0n) is 19.3. The molecule has 0 heterocycles. The minimum atomic E-state index is -3.64. The predicted octanol–water partition coefficient (Wildman–Crippen LogP) is 2.61. The predicted molar refractivity (Wildman–Crippen MR) is 133 cm³/mol. The van der Waals surface area contributed by atoms with Crippen molar-refractivity contribution in [2.24, 2.45) is 5.92 Å². The van der Waals surface area contributed by atoms with Gasteiger partial charge in [0.15, 0.2) is 19.7 Å². The van der Waals surface area contributed by atoms with Gasteiger partial charge in [0.05, 0.1) is 26.9 Å². The number of anilines is 2. The maximum Gasteiger partial charge on any atom is 0.179 e. The Labute approximate surface area is 201 Å². The second-order valence-electron chi connectivity index (χ2n) is 7.37. The van der Waals surface area contributed by atoms with Gasteiger partial charge in [0, 0.05) is 19.2 Å². The van der Waals surface area contributed by atoms with E-state index in [9.17, 15) is 16.8 Å². The van der Waals surface area contributed by atoms with Crippen molar-refractivity contribution in [1.82, 2.24) is 0 Å². The van der Waals surface area contributed by atoms with Crippen LogP contribution in [0.15, 0.2) is 46.2 Å². The van der Waals surface area contributed by atoms with E-state index in [4.69, 9.17) is 21.6 Å². The summed E-state index contributed by atoms with van der Waals surface area (Å²) in [5, 5.41) is 2.89. The van der Waals surface area contributed by atoms with E-state index in [1.807, 2.05) is 6.92 Å². The van der Waals surface area contributed by atoms with Gasteiger partial charge in [0.2, 0.25) is 0 Å². The number of nitrogens with one attached hydrogen (secondary N) is 1. The highest BCUT2D eigenvalue weighted by atomic mass is 32.2. The number of hydrogen-bond donors (Lipinski definition) is 2. The molecule has 0 saturated carbocycles. The van der Waals surface area contributed by atoms with Gasteiger partial charge in [-0.15, -0.1) is 6.42 Å². The molecule has 0 amide bonds. The molecule has 0 saturated heterocycles. The minimum Gasteiger partial charge on any atom is -0.479 e. The first kappa shape index (κ1) is 26.9. The molecule has 2 aromatic rings. The van der Waals surface area contributed by atoms with Gasteiger partial charge in [-0.3, -0.25) is 0 Å². The molecular formula is C24H28N2O6S2. The summed E-state index contributed by atoms with van der Waals surface area (Å²) >= 11 is 0. The van der Waals surface area contributed by atoms with Crippen LogP contribution >= 0.6 is 0 Å². The number of nitrogens with two attached hydrogens (primary N) is 1. The van der Waals surface area contributed by atoms with Crippen LogP contribution < -0.4 is 20.5 Å². The van der Waals surface area contributed by atoms with Crippen LogP contribution in [0.4, 0.5) is 11.4 Å². The van der Waals surface area contributed by atoms with Gasteiger partial charge in [-0.25, -0.2) is 16.8 Å². The molecule has 0 fully saturated rings. The zero-order valence-corrected chi connectivity index (χ0v) is 20.9. The lowest BCUT2D eigenvalue weighted by Crippen LogP contribution is -2.15. The third-order valence-corrected chi connectivity index (χ3v) is 7.74. The Morgan fingerprint density at radius 2 is 1.68 bits per heavy atom. The van der Waals surface area contributed by atoms with Crippen molar-refractivity contribution < 1.29 is 26.3 Å². The Balaban J connectivity index is 2.08. The quantitative estimate of drug-likeness (QED) is 0.374. The molecule has 10 heteroatoms. The molecule has 0 radical (unpaired) electrons. The molecule has 0 aliphatic heterocycles. The van der Waals surface area contributed by atoms with Crippen molar-refractivity contribution in [3.63, 3.8) is 0 Å². The number of terminal acetylenes is 1. The maximum absolute atomic E-state index is 12.8. The van der Waals surface area contributed by atoms with Crippen LogP contribution in [0.3, 0.4) is 0 Å². The summed E-state index contributed by atoms with van der Waals surface area (Å²) in [5.41, 5.74) is 6.58. The van der Waals surface area contributed by atoms with Gasteiger partial charge in [0.1, 0.15) is 24.7 Å². The van der Waals surface area contributed by atoms with Crippen LogP contribution in [-0.4, -0.2) is 49.1 Å². The summed E-state index contributed by atoms with van der Waals surface area (Å²) in [6.45, 7) is 1.89. The molecule has 0 aliphatic carbocycles. The van der Waals surface area contributed by atoms with Gasteiger partial charge in [-0.1, -0.05) is 24.7 Å². The molecule has 34 heavy (non-hydrogen) atoms. The second kappa shape index (κ2) is 11.7. The Morgan fingerprint density at radius 3 is 2.26 bits per heavy atom. The topological polar surface area (TPSA) is 125 Å². The van der Waals surface area contributed by atoms with Gasteiger partial charge >= 0.3 is 0 Å². The molecule has 0 spiro atoms. The number of hydrogen-bond acceptors (Lipinski definition) is 8. The summed E-state index contributed by atoms with van der Waals surface area (Å²) in [5.74, 6) is 8.29. The first-order chi connectivity index (χ1) is 16.0. The molecular weight excluding hydrogens is 476 g/mol. The van der Waals surface area contributed by atoms with Crippen molar-refractivity contribution in [3.05, 3.63) is 36.4 Å². The van der Waals surface area contributed by atoms with Crippen LogP contribution in [0.25, 0.3) is 0 Å². The molecule has 0 bridgehead atoms. The summed E-state index contributed by atoms with van der Waals surface area (Å²) in [6.07, 6.45) is 6.81. The Bertz CT molecular complexity index is 1330. The van der Waals surface area contributed by atoms with E-state index in [-0.39, 0.29) is 34.4 Å². The van der Waals surface area contributed by atoms with Gasteiger partial charge in [0.25, 0.3) is 0 Å². The van der Waals surface area contributed by atoms with Crippen molar-refractivity contribution in [3.8, 4) is 35.7 Å². The van der Waals surface area contributed by atoms with E-state index >= 15 is 0 Å². The van der Waals surface area contributed by atoms with Crippen molar-refractivity contribution >= 4 is 31.0 Å². The largest absolute Gasteiger partial charge is 0.479 e. The van der Waals surface area contributed by atoms with E-state index in [1.165, 1.54) is 30.3 Å². The van der Waals surface area contributed by atoms with Gasteiger partial charge < -0.3 is 20.5 Å². The third-order valence-electron chi connectivity index (χ3n) is 4.82. The Hall–Kier alpha value is -3.34. The smallest absolute Gasteiger partial charge is 0.179 e. The van der Waals surface area contributed by atoms with Crippen LogP contribution in [-0.2, 0) is 19.7 Å². The second-order valence-corrected chi connectivity index (χ2v) is 11.4. The molecule has 0 aromatic heterocycles. The normalized spacial score (nSPS) is 12.1. The average Bonchev–Trinajstić information content (AvgIpc) is 2.79. The fourth-order valence-corrected chi connectivity index (χ4v) is 5.22. The standard InChI is InChI=1S/C24H28N2O6S2/c1-5-13-31-23-11-10-20(15-21(23)25)34(29,30)17-18(6-2)8-7-14-32-24-12-9-19(33(4,27)28)16-22(24)26-3/h1,9-12,15-16,18,26H,6,13-14,17,25H2,2-4H3. The highest BCUT2D eigenvalue weighted by molar-refractivity contribution is 7.91. The number of rotatable bonds is 10. The molecule has 8 nitrogen and oxygen atoms in total. The summed E-state index contributed by atoms with van der Waals surface area (Å²) in [4.78, 5) is 0.252. The monoisotopic (exact) mass is 504 g/mol. The molecule has 3 N–H and O–H groups in total. The van der Waals surface area contributed by atoms with Crippen molar-refractivity contribution in [2.75, 3.05) is 43.3 Å². The maximum atomic E-state index is 12.8. The first-order valence-electron chi connectivity index (χ1n) is 10.3. The molecule has 2 rings (SSSR count). The van der Waals surface area contributed by atoms with E-state index < -0.39 is 25.6 Å². The fraction of sp³-hybridized carbons (Fsp3) is 0.333. The highest BCUT2D eigenvalue weighted by Crippen LogP contribution is 2.28. The molecule has 1 atom stereocenters. The molecule has 0 aliphatic rings. The van der Waals surface area contributed by atoms with E-state index in [1.54, 1.807) is 13.1 Å². The number of sulfone groups is 2. The fourth-order valence-electron chi connectivity index (χ4n) is 2.95.